The van der Waals surface area contributed by atoms with Gasteiger partial charge in [0.05, 0.1) is 6.61 Å². The van der Waals surface area contributed by atoms with Crippen LogP contribution >= 0.6 is 11.6 Å². The van der Waals surface area contributed by atoms with Crippen LogP contribution in [-0.2, 0) is 11.3 Å². The molecule has 0 aliphatic rings. The van der Waals surface area contributed by atoms with Gasteiger partial charge in [-0.1, -0.05) is 17.7 Å². The van der Waals surface area contributed by atoms with Crippen molar-refractivity contribution in [1.29, 1.82) is 0 Å². The van der Waals surface area contributed by atoms with E-state index in [0.717, 1.165) is 24.7 Å². The zero-order valence-electron chi connectivity index (χ0n) is 8.64. The molecule has 0 aliphatic carbocycles. The molecule has 0 saturated carbocycles. The van der Waals surface area contributed by atoms with E-state index in [-0.39, 0.29) is 0 Å². The predicted molar refractivity (Wildman–Crippen MR) is 59.8 cm³/mol. The molecular weight excluding hydrogens is 198 g/mol. The maximum Gasteiger partial charge on any atom is 0.0587 e. The fraction of sp³-hybridized carbons (Fsp3) is 0.455. The van der Waals surface area contributed by atoms with Crippen LogP contribution in [0.4, 0.5) is 0 Å². The van der Waals surface area contributed by atoms with Crippen LogP contribution in [0.3, 0.4) is 0 Å². The van der Waals surface area contributed by atoms with Crippen molar-refractivity contribution in [2.75, 3.05) is 20.3 Å². The molecule has 78 valence electrons. The number of aryl methyl sites for hydroxylation is 1. The molecule has 14 heavy (non-hydrogen) atoms. The fourth-order valence-electron chi connectivity index (χ4n) is 1.23. The molecule has 1 rings (SSSR count). The summed E-state index contributed by atoms with van der Waals surface area (Å²) in [6.45, 7) is 4.53. The second-order valence-electron chi connectivity index (χ2n) is 3.24. The van der Waals surface area contributed by atoms with Gasteiger partial charge in [-0.05, 0) is 30.2 Å². The van der Waals surface area contributed by atoms with Gasteiger partial charge in [0.15, 0.2) is 0 Å². The third-order valence-electron chi connectivity index (χ3n) is 2.11. The second kappa shape index (κ2) is 6.02. The Morgan fingerprint density at radius 1 is 1.43 bits per heavy atom. The van der Waals surface area contributed by atoms with E-state index in [4.69, 9.17) is 16.3 Å². The van der Waals surface area contributed by atoms with Gasteiger partial charge in [0.1, 0.15) is 0 Å². The summed E-state index contributed by atoms with van der Waals surface area (Å²) in [5.74, 6) is 0. The summed E-state index contributed by atoms with van der Waals surface area (Å²) in [6, 6.07) is 5.95. The largest absolute Gasteiger partial charge is 0.383 e. The molecule has 1 N–H and O–H groups in total. The number of benzene rings is 1. The number of halogens is 1. The molecule has 3 heteroatoms. The minimum atomic E-state index is 0.736. The summed E-state index contributed by atoms with van der Waals surface area (Å²) < 4.78 is 4.95. The van der Waals surface area contributed by atoms with Crippen molar-refractivity contribution in [2.24, 2.45) is 0 Å². The first kappa shape index (κ1) is 11.5. The molecule has 0 aromatic heterocycles. The van der Waals surface area contributed by atoms with Crippen molar-refractivity contribution in [3.05, 3.63) is 34.3 Å². The average Bonchev–Trinajstić information content (AvgIpc) is 2.18. The average molecular weight is 214 g/mol. The Morgan fingerprint density at radius 3 is 2.93 bits per heavy atom. The van der Waals surface area contributed by atoms with Crippen LogP contribution < -0.4 is 5.32 Å². The van der Waals surface area contributed by atoms with Gasteiger partial charge in [-0.15, -0.1) is 0 Å². The smallest absolute Gasteiger partial charge is 0.0587 e. The van der Waals surface area contributed by atoms with E-state index in [1.54, 1.807) is 7.11 Å². The van der Waals surface area contributed by atoms with Crippen LogP contribution in [0.25, 0.3) is 0 Å². The van der Waals surface area contributed by atoms with Gasteiger partial charge < -0.3 is 10.1 Å². The second-order valence-corrected chi connectivity index (χ2v) is 3.68. The summed E-state index contributed by atoms with van der Waals surface area (Å²) in [5.41, 5.74) is 2.51. The van der Waals surface area contributed by atoms with Crippen molar-refractivity contribution in [3.63, 3.8) is 0 Å². The van der Waals surface area contributed by atoms with Crippen molar-refractivity contribution < 1.29 is 4.74 Å². The molecular formula is C11H16ClNO. The summed E-state index contributed by atoms with van der Waals surface area (Å²) in [6.07, 6.45) is 0. The highest BCUT2D eigenvalue weighted by Crippen LogP contribution is 2.14. The Bertz CT molecular complexity index is 289. The minimum Gasteiger partial charge on any atom is -0.383 e. The third-order valence-corrected chi connectivity index (χ3v) is 2.34. The molecule has 0 fully saturated rings. The first-order valence-electron chi connectivity index (χ1n) is 4.68. The van der Waals surface area contributed by atoms with E-state index in [9.17, 15) is 0 Å². The monoisotopic (exact) mass is 213 g/mol. The number of hydrogen-bond donors (Lipinski definition) is 1. The molecule has 1 aromatic rings. The van der Waals surface area contributed by atoms with Crippen LogP contribution in [0.2, 0.25) is 5.02 Å². The summed E-state index contributed by atoms with van der Waals surface area (Å²) in [4.78, 5) is 0. The fourth-order valence-corrected chi connectivity index (χ4v) is 1.42. The number of methoxy groups -OCH3 is 1. The SMILES string of the molecule is COCCNCc1cc(Cl)ccc1C. The highest BCUT2D eigenvalue weighted by atomic mass is 35.5. The van der Waals surface area contributed by atoms with Crippen LogP contribution in [0.5, 0.6) is 0 Å². The molecule has 2 nitrogen and oxygen atoms in total. The number of ether oxygens (including phenoxy) is 1. The molecule has 0 bridgehead atoms. The first-order valence-corrected chi connectivity index (χ1v) is 5.06. The highest BCUT2D eigenvalue weighted by molar-refractivity contribution is 6.30. The summed E-state index contributed by atoms with van der Waals surface area (Å²) in [7, 11) is 1.70. The minimum absolute atomic E-state index is 0.736. The maximum absolute atomic E-state index is 5.90. The van der Waals surface area contributed by atoms with Gasteiger partial charge in [0.2, 0.25) is 0 Å². The van der Waals surface area contributed by atoms with Crippen LogP contribution in [-0.4, -0.2) is 20.3 Å². The van der Waals surface area contributed by atoms with Crippen molar-refractivity contribution in [3.8, 4) is 0 Å². The Morgan fingerprint density at radius 2 is 2.21 bits per heavy atom. The topological polar surface area (TPSA) is 21.3 Å². The van der Waals surface area contributed by atoms with Gasteiger partial charge in [0, 0.05) is 25.2 Å². The lowest BCUT2D eigenvalue weighted by Gasteiger charge is -2.07. The van der Waals surface area contributed by atoms with E-state index < -0.39 is 0 Å². The normalized spacial score (nSPS) is 10.5. The van der Waals surface area contributed by atoms with Crippen molar-refractivity contribution >= 4 is 11.6 Å². The lowest BCUT2D eigenvalue weighted by molar-refractivity contribution is 0.199. The number of hydrogen-bond acceptors (Lipinski definition) is 2. The Hall–Kier alpha value is -0.570. The molecule has 0 unspecified atom stereocenters. The lowest BCUT2D eigenvalue weighted by atomic mass is 10.1. The molecule has 0 radical (unpaired) electrons. The molecule has 0 amide bonds. The van der Waals surface area contributed by atoms with Crippen molar-refractivity contribution in [1.82, 2.24) is 5.32 Å². The van der Waals surface area contributed by atoms with Crippen LogP contribution in [0, 0.1) is 6.92 Å². The van der Waals surface area contributed by atoms with Gasteiger partial charge >= 0.3 is 0 Å². The zero-order valence-corrected chi connectivity index (χ0v) is 9.40. The molecule has 0 heterocycles. The molecule has 1 aromatic carbocycles. The Balaban J connectivity index is 2.45. The van der Waals surface area contributed by atoms with Gasteiger partial charge in [-0.25, -0.2) is 0 Å². The third kappa shape index (κ3) is 3.66. The van der Waals surface area contributed by atoms with Crippen LogP contribution in [0.1, 0.15) is 11.1 Å². The number of rotatable bonds is 5. The molecule has 0 aliphatic heterocycles. The Kier molecular flexibility index (Phi) is 4.94. The number of nitrogens with one attached hydrogen (secondary N) is 1. The lowest BCUT2D eigenvalue weighted by Crippen LogP contribution is -2.19. The highest BCUT2D eigenvalue weighted by Gasteiger charge is 1.98. The van der Waals surface area contributed by atoms with Crippen LogP contribution in [0.15, 0.2) is 18.2 Å². The van der Waals surface area contributed by atoms with E-state index >= 15 is 0 Å². The zero-order chi connectivity index (χ0) is 10.4. The van der Waals surface area contributed by atoms with E-state index in [1.165, 1.54) is 11.1 Å². The maximum atomic E-state index is 5.90. The Labute approximate surface area is 90.2 Å². The molecule has 0 saturated heterocycles. The standard InChI is InChI=1S/C11H16ClNO/c1-9-3-4-11(12)7-10(9)8-13-5-6-14-2/h3-4,7,13H,5-6,8H2,1-2H3. The van der Waals surface area contributed by atoms with Gasteiger partial charge in [-0.2, -0.15) is 0 Å². The first-order chi connectivity index (χ1) is 6.74. The van der Waals surface area contributed by atoms with E-state index in [1.807, 2.05) is 18.2 Å². The van der Waals surface area contributed by atoms with Gasteiger partial charge in [0.25, 0.3) is 0 Å². The van der Waals surface area contributed by atoms with Gasteiger partial charge in [-0.3, -0.25) is 0 Å². The molecule has 0 atom stereocenters. The quantitative estimate of drug-likeness (QED) is 0.759. The van der Waals surface area contributed by atoms with E-state index in [0.29, 0.717) is 0 Å². The van der Waals surface area contributed by atoms with E-state index in [2.05, 4.69) is 12.2 Å². The summed E-state index contributed by atoms with van der Waals surface area (Å²) >= 11 is 5.90. The predicted octanol–water partition coefficient (Wildman–Crippen LogP) is 2.38. The van der Waals surface area contributed by atoms with Crippen molar-refractivity contribution in [2.45, 2.75) is 13.5 Å². The summed E-state index contributed by atoms with van der Waals surface area (Å²) in [5, 5.41) is 4.08. The molecule has 0 spiro atoms.